The second kappa shape index (κ2) is 11.8. The van der Waals surface area contributed by atoms with Crippen molar-refractivity contribution in [1.29, 1.82) is 0 Å². The number of rotatable bonds is 11. The monoisotopic (exact) mass is 576 g/mol. The number of H-pyrrole nitrogens is 1. The number of aliphatic hydroxyl groups excluding tert-OH is 2. The SMILES string of the molecule is CCC(CO)(CO)Nc1n[nH]c2nccc(Oc3ccc(CC(=O)c4ccnn(-c5ccc(F)cc5)c4=O)cc3F)c12. The van der Waals surface area contributed by atoms with Crippen LogP contribution in [0.1, 0.15) is 29.3 Å². The minimum absolute atomic E-state index is 0.139. The summed E-state index contributed by atoms with van der Waals surface area (Å²) < 4.78 is 35.3. The zero-order chi connectivity index (χ0) is 29.9. The van der Waals surface area contributed by atoms with E-state index in [1.165, 1.54) is 60.9 Å². The van der Waals surface area contributed by atoms with Crippen molar-refractivity contribution in [1.82, 2.24) is 25.0 Å². The Labute approximate surface area is 237 Å². The van der Waals surface area contributed by atoms with E-state index in [9.17, 15) is 24.2 Å². The van der Waals surface area contributed by atoms with Crippen LogP contribution in [0.4, 0.5) is 14.6 Å². The van der Waals surface area contributed by atoms with E-state index in [1.54, 1.807) is 6.92 Å². The number of aromatic nitrogens is 5. The van der Waals surface area contributed by atoms with Gasteiger partial charge in [-0.05, 0) is 54.4 Å². The predicted octanol–water partition coefficient (Wildman–Crippen LogP) is 3.55. The molecule has 2 aromatic carbocycles. The van der Waals surface area contributed by atoms with Crippen LogP contribution in [0.25, 0.3) is 16.7 Å². The number of halogens is 2. The van der Waals surface area contributed by atoms with Crippen LogP contribution >= 0.6 is 0 Å². The molecular formula is C29H26F2N6O5. The maximum absolute atomic E-state index is 15.2. The number of hydrogen-bond acceptors (Lipinski definition) is 9. The molecule has 42 heavy (non-hydrogen) atoms. The summed E-state index contributed by atoms with van der Waals surface area (Å²) in [5.41, 5.74) is -0.955. The second-order valence-electron chi connectivity index (χ2n) is 9.59. The van der Waals surface area contributed by atoms with Crippen molar-refractivity contribution in [2.24, 2.45) is 0 Å². The van der Waals surface area contributed by atoms with Gasteiger partial charge < -0.3 is 20.3 Å². The Morgan fingerprint density at radius 2 is 1.81 bits per heavy atom. The maximum atomic E-state index is 15.2. The van der Waals surface area contributed by atoms with Gasteiger partial charge in [0.1, 0.15) is 17.0 Å². The Hall–Kier alpha value is -5.01. The number of benzene rings is 2. The molecule has 0 spiro atoms. The zero-order valence-corrected chi connectivity index (χ0v) is 22.3. The molecule has 0 bridgehead atoms. The van der Waals surface area contributed by atoms with Gasteiger partial charge in [-0.2, -0.15) is 14.9 Å². The summed E-state index contributed by atoms with van der Waals surface area (Å²) in [4.78, 5) is 30.1. The molecule has 0 saturated heterocycles. The van der Waals surface area contributed by atoms with Crippen LogP contribution in [0, 0.1) is 11.6 Å². The lowest BCUT2D eigenvalue weighted by Crippen LogP contribution is -2.45. The van der Waals surface area contributed by atoms with Crippen LogP contribution in [-0.2, 0) is 6.42 Å². The number of aliphatic hydroxyl groups is 2. The van der Waals surface area contributed by atoms with Crippen molar-refractivity contribution in [3.05, 3.63) is 100 Å². The molecule has 4 N–H and O–H groups in total. The molecule has 0 radical (unpaired) electrons. The van der Waals surface area contributed by atoms with E-state index in [4.69, 9.17) is 4.74 Å². The minimum atomic E-state index is -1.05. The van der Waals surface area contributed by atoms with Gasteiger partial charge in [-0.1, -0.05) is 13.0 Å². The summed E-state index contributed by atoms with van der Waals surface area (Å²) in [5, 5.41) is 34.0. The van der Waals surface area contributed by atoms with Crippen molar-refractivity contribution in [3.8, 4) is 17.2 Å². The molecule has 0 unspecified atom stereocenters. The molecule has 0 fully saturated rings. The molecule has 11 nitrogen and oxygen atoms in total. The van der Waals surface area contributed by atoms with Gasteiger partial charge in [-0.25, -0.2) is 13.8 Å². The summed E-state index contributed by atoms with van der Waals surface area (Å²) in [6, 6.07) is 11.9. The molecule has 216 valence electrons. The summed E-state index contributed by atoms with van der Waals surface area (Å²) in [6.45, 7) is 1.07. The highest BCUT2D eigenvalue weighted by Crippen LogP contribution is 2.35. The van der Waals surface area contributed by atoms with Crippen molar-refractivity contribution in [3.63, 3.8) is 0 Å². The summed E-state index contributed by atoms with van der Waals surface area (Å²) in [5.74, 6) is -1.47. The molecule has 0 atom stereocenters. The normalized spacial score (nSPS) is 11.5. The number of fused-ring (bicyclic) bond motifs is 1. The summed E-state index contributed by atoms with van der Waals surface area (Å²) in [6.07, 6.45) is 2.86. The van der Waals surface area contributed by atoms with Crippen LogP contribution in [0.5, 0.6) is 11.5 Å². The van der Waals surface area contributed by atoms with Gasteiger partial charge in [0.05, 0.1) is 30.0 Å². The van der Waals surface area contributed by atoms with E-state index in [1.807, 2.05) is 0 Å². The number of Topliss-reactive ketones (excluding diaryl/α,β-unsaturated/α-hetero) is 1. The van der Waals surface area contributed by atoms with Crippen LogP contribution in [-0.4, -0.2) is 59.7 Å². The van der Waals surface area contributed by atoms with Crippen molar-refractivity contribution in [2.75, 3.05) is 18.5 Å². The number of nitrogens with one attached hydrogen (secondary N) is 2. The lowest BCUT2D eigenvalue weighted by atomic mass is 9.98. The Morgan fingerprint density at radius 3 is 2.50 bits per heavy atom. The predicted molar refractivity (Wildman–Crippen MR) is 149 cm³/mol. The van der Waals surface area contributed by atoms with Crippen LogP contribution in [0.15, 0.2) is 71.8 Å². The van der Waals surface area contributed by atoms with E-state index >= 15 is 4.39 Å². The third-order valence-electron chi connectivity index (χ3n) is 6.89. The highest BCUT2D eigenvalue weighted by Gasteiger charge is 2.29. The summed E-state index contributed by atoms with van der Waals surface area (Å²) in [7, 11) is 0. The minimum Gasteiger partial charge on any atom is -0.453 e. The number of ether oxygens (including phenoxy) is 1. The molecule has 5 rings (SSSR count). The van der Waals surface area contributed by atoms with Crippen LogP contribution < -0.4 is 15.6 Å². The second-order valence-corrected chi connectivity index (χ2v) is 9.59. The number of anilines is 1. The van der Waals surface area contributed by atoms with Crippen molar-refractivity contribution in [2.45, 2.75) is 25.3 Å². The van der Waals surface area contributed by atoms with E-state index in [-0.39, 0.29) is 48.2 Å². The lowest BCUT2D eigenvalue weighted by Gasteiger charge is -2.29. The Balaban J connectivity index is 1.37. The van der Waals surface area contributed by atoms with Gasteiger partial charge in [0.15, 0.2) is 28.8 Å². The van der Waals surface area contributed by atoms with Gasteiger partial charge in [-0.3, -0.25) is 14.7 Å². The fraction of sp³-hybridized carbons (Fsp3) is 0.207. The average Bonchev–Trinajstić information content (AvgIpc) is 3.41. The van der Waals surface area contributed by atoms with Crippen molar-refractivity contribution >= 4 is 22.6 Å². The molecular weight excluding hydrogens is 550 g/mol. The zero-order valence-electron chi connectivity index (χ0n) is 22.3. The number of pyridine rings is 1. The highest BCUT2D eigenvalue weighted by atomic mass is 19.1. The molecule has 0 aliphatic carbocycles. The molecule has 13 heteroatoms. The molecule has 5 aromatic rings. The molecule has 0 aliphatic heterocycles. The molecule has 0 aliphatic rings. The first-order chi connectivity index (χ1) is 20.3. The molecule has 3 heterocycles. The number of aromatic amines is 1. The molecule has 0 saturated carbocycles. The topological polar surface area (TPSA) is 155 Å². The number of carbonyl (C=O) groups is 1. The van der Waals surface area contributed by atoms with E-state index in [0.717, 1.165) is 10.7 Å². The lowest BCUT2D eigenvalue weighted by molar-refractivity contribution is 0.0990. The van der Waals surface area contributed by atoms with Crippen LogP contribution in [0.2, 0.25) is 0 Å². The van der Waals surface area contributed by atoms with Crippen molar-refractivity contribution < 1.29 is 28.5 Å². The fourth-order valence-corrected chi connectivity index (χ4v) is 4.32. The van der Waals surface area contributed by atoms with Crippen LogP contribution in [0.3, 0.4) is 0 Å². The largest absolute Gasteiger partial charge is 0.453 e. The third kappa shape index (κ3) is 5.60. The van der Waals surface area contributed by atoms with Gasteiger partial charge in [0.25, 0.3) is 5.56 Å². The van der Waals surface area contributed by atoms with Gasteiger partial charge in [0.2, 0.25) is 0 Å². The number of carbonyl (C=O) groups excluding carboxylic acids is 1. The Morgan fingerprint density at radius 1 is 1.05 bits per heavy atom. The van der Waals surface area contributed by atoms with Gasteiger partial charge in [0, 0.05) is 24.9 Å². The molecule has 0 amide bonds. The van der Waals surface area contributed by atoms with E-state index in [0.29, 0.717) is 23.0 Å². The maximum Gasteiger partial charge on any atom is 0.282 e. The quantitative estimate of drug-likeness (QED) is 0.173. The average molecular weight is 577 g/mol. The number of nitrogens with zero attached hydrogens (tertiary/aromatic N) is 4. The van der Waals surface area contributed by atoms with Gasteiger partial charge in [-0.15, -0.1) is 0 Å². The smallest absolute Gasteiger partial charge is 0.282 e. The first-order valence-electron chi connectivity index (χ1n) is 12.9. The first-order valence-corrected chi connectivity index (χ1v) is 12.9. The number of hydrogen-bond donors (Lipinski definition) is 4. The third-order valence-corrected chi connectivity index (χ3v) is 6.89. The Bertz CT molecular complexity index is 1790. The first kappa shape index (κ1) is 28.5. The van der Waals surface area contributed by atoms with E-state index < -0.39 is 28.5 Å². The summed E-state index contributed by atoms with van der Waals surface area (Å²) >= 11 is 0. The van der Waals surface area contributed by atoms with Gasteiger partial charge >= 0.3 is 0 Å². The standard InChI is InChI=1S/C29H26F2N6O5/c1-2-29(15-38,16-39)34-27-25-24(10-11-32-26(25)35-36-27)42-23-8-3-17(13-21(23)31)14-22(40)20-9-12-33-37(28(20)41)19-6-4-18(30)5-7-19/h3-13,38-39H,2,14-16H2,1H3,(H2,32,34,35,36). The Kier molecular flexibility index (Phi) is 8.04. The van der Waals surface area contributed by atoms with E-state index in [2.05, 4.69) is 25.6 Å². The molecule has 3 aromatic heterocycles. The highest BCUT2D eigenvalue weighted by molar-refractivity contribution is 5.97. The number of ketones is 1. The fourth-order valence-electron chi connectivity index (χ4n) is 4.32.